The second-order valence-electron chi connectivity index (χ2n) is 4.48. The Kier molecular flexibility index (Phi) is 12.9. The zero-order chi connectivity index (χ0) is 16.6. The van der Waals surface area contributed by atoms with E-state index in [-0.39, 0.29) is 57.9 Å². The van der Waals surface area contributed by atoms with Crippen LogP contribution in [0.25, 0.3) is 0 Å². The molecule has 0 bridgehead atoms. The molecule has 0 spiro atoms. The molecule has 0 aliphatic rings. The minimum Gasteiger partial charge on any atom is -0.549 e. The zero-order valence-electron chi connectivity index (χ0n) is 12.4. The Labute approximate surface area is 169 Å². The van der Waals surface area contributed by atoms with Gasteiger partial charge < -0.3 is 25.2 Å². The Morgan fingerprint density at radius 2 is 1.32 bits per heavy atom. The first kappa shape index (κ1) is 23.7. The number of rotatable bonds is 11. The van der Waals surface area contributed by atoms with Gasteiger partial charge in [0, 0.05) is 19.1 Å². The van der Waals surface area contributed by atoms with Crippen LogP contribution in [0.5, 0.6) is 0 Å². The topological polar surface area (TPSA) is 159 Å². The number of carboxylic acids is 4. The quantitative estimate of drug-likeness (QED) is 0.308. The van der Waals surface area contributed by atoms with E-state index in [4.69, 9.17) is 15.3 Å². The van der Waals surface area contributed by atoms with E-state index in [9.17, 15) is 24.3 Å². The molecule has 120 valence electrons. The van der Waals surface area contributed by atoms with Crippen LogP contribution in [0.4, 0.5) is 0 Å². The van der Waals surface area contributed by atoms with Gasteiger partial charge in [-0.25, -0.2) is 0 Å². The minimum absolute atomic E-state index is 0. The van der Waals surface area contributed by atoms with Gasteiger partial charge in [0.15, 0.2) is 0 Å². The maximum atomic E-state index is 10.7. The second kappa shape index (κ2) is 11.9. The normalized spacial score (nSPS) is 11.8. The summed E-state index contributed by atoms with van der Waals surface area (Å²) in [4.78, 5) is 44.7. The monoisotopic (exact) mass is 344 g/mol. The molecule has 22 heavy (non-hydrogen) atoms. The fraction of sp³-hybridized carbons (Fsp3) is 0.636. The van der Waals surface area contributed by atoms with Crippen LogP contribution in [0.2, 0.25) is 0 Å². The first-order chi connectivity index (χ1) is 9.61. The maximum Gasteiger partial charge on any atom is 1.00 e. The molecule has 1 unspecified atom stereocenters. The van der Waals surface area contributed by atoms with Gasteiger partial charge in [-0.15, -0.1) is 0 Å². The number of aliphatic carboxylic acids is 4. The van der Waals surface area contributed by atoms with Gasteiger partial charge >= 0.3 is 69.3 Å². The summed E-state index contributed by atoms with van der Waals surface area (Å²) in [6.07, 6.45) is 0. The van der Waals surface area contributed by atoms with E-state index in [1.807, 2.05) is 0 Å². The molecule has 0 aliphatic heterocycles. The fourth-order valence-electron chi connectivity index (χ4n) is 1.76. The van der Waals surface area contributed by atoms with E-state index in [1.54, 1.807) is 0 Å². The Bertz CT molecular complexity index is 385. The van der Waals surface area contributed by atoms with Gasteiger partial charge in [0.05, 0.1) is 25.6 Å². The van der Waals surface area contributed by atoms with Crippen LogP contribution in [0.1, 0.15) is 6.92 Å². The maximum absolute atomic E-state index is 10.7. The van der Waals surface area contributed by atoms with Crippen molar-refractivity contribution in [3.05, 3.63) is 0 Å². The summed E-state index contributed by atoms with van der Waals surface area (Å²) in [6.45, 7) is -0.974. The van der Waals surface area contributed by atoms with Gasteiger partial charge in [-0.3, -0.25) is 24.2 Å². The van der Waals surface area contributed by atoms with E-state index in [2.05, 4.69) is 0 Å². The first-order valence-electron chi connectivity index (χ1n) is 5.93. The molecule has 0 radical (unpaired) electrons. The van der Waals surface area contributed by atoms with Gasteiger partial charge in [-0.05, 0) is 6.92 Å². The van der Waals surface area contributed by atoms with Crippen molar-refractivity contribution in [1.29, 1.82) is 0 Å². The predicted octanol–water partition coefficient (Wildman–Crippen LogP) is -6.01. The number of nitrogens with zero attached hydrogens (tertiary/aromatic N) is 2. The summed E-state index contributed by atoms with van der Waals surface area (Å²) < 4.78 is 0. The third kappa shape index (κ3) is 12.0. The summed E-state index contributed by atoms with van der Waals surface area (Å²) >= 11 is 0. The summed E-state index contributed by atoms with van der Waals surface area (Å²) in [5.74, 6) is -5.22. The predicted molar refractivity (Wildman–Crippen MR) is 65.4 cm³/mol. The van der Waals surface area contributed by atoms with Crippen molar-refractivity contribution < 1.29 is 91.0 Å². The molecule has 0 saturated carbocycles. The van der Waals surface area contributed by atoms with Crippen LogP contribution >= 0.6 is 0 Å². The van der Waals surface area contributed by atoms with Gasteiger partial charge in [-0.1, -0.05) is 0 Å². The van der Waals surface area contributed by atoms with Crippen molar-refractivity contribution in [1.82, 2.24) is 9.80 Å². The number of carbonyl (C=O) groups is 4. The minimum atomic E-state index is -1.48. The van der Waals surface area contributed by atoms with Crippen LogP contribution in [-0.4, -0.2) is 87.8 Å². The van der Waals surface area contributed by atoms with E-state index >= 15 is 0 Å². The van der Waals surface area contributed by atoms with Crippen LogP contribution in [-0.2, 0) is 19.2 Å². The molecule has 0 fully saturated rings. The van der Waals surface area contributed by atoms with Gasteiger partial charge in [0.2, 0.25) is 0 Å². The fourth-order valence-corrected chi connectivity index (χ4v) is 1.76. The van der Waals surface area contributed by atoms with E-state index < -0.39 is 56.1 Å². The molecule has 0 aliphatic carbocycles. The van der Waals surface area contributed by atoms with Crippen LogP contribution in [0.3, 0.4) is 0 Å². The van der Waals surface area contributed by atoms with Crippen molar-refractivity contribution in [3.8, 4) is 0 Å². The molecule has 0 rings (SSSR count). The third-order valence-corrected chi connectivity index (χ3v) is 2.53. The van der Waals surface area contributed by atoms with Gasteiger partial charge in [0.25, 0.3) is 0 Å². The third-order valence-electron chi connectivity index (χ3n) is 2.53. The smallest absolute Gasteiger partial charge is 0.549 e. The van der Waals surface area contributed by atoms with Crippen molar-refractivity contribution in [2.24, 2.45) is 0 Å². The molecule has 0 aromatic rings. The molecule has 0 aromatic heterocycles. The molecule has 0 amide bonds. The Morgan fingerprint density at radius 1 is 0.909 bits per heavy atom. The molecular formula is C11H17KN2O8. The Hall–Kier alpha value is -0.564. The molecule has 3 N–H and O–H groups in total. The second-order valence-corrected chi connectivity index (χ2v) is 4.48. The van der Waals surface area contributed by atoms with E-state index in [0.717, 1.165) is 9.80 Å². The van der Waals surface area contributed by atoms with Gasteiger partial charge in [0.1, 0.15) is 0 Å². The molecule has 0 aromatic carbocycles. The van der Waals surface area contributed by atoms with Crippen LogP contribution in [0.15, 0.2) is 0 Å². The molecular weight excluding hydrogens is 327 g/mol. The number of hydrogen-bond donors (Lipinski definition) is 3. The van der Waals surface area contributed by atoms with Crippen molar-refractivity contribution >= 4 is 23.9 Å². The van der Waals surface area contributed by atoms with Gasteiger partial charge in [-0.2, -0.15) is 0 Å². The van der Waals surface area contributed by atoms with E-state index in [0.29, 0.717) is 0 Å². The summed E-state index contributed by atoms with van der Waals surface area (Å²) in [6, 6.07) is -0.683. The summed E-state index contributed by atoms with van der Waals surface area (Å²) in [7, 11) is 0. The first-order valence-corrected chi connectivity index (χ1v) is 5.93. The Morgan fingerprint density at radius 3 is 1.64 bits per heavy atom. The average Bonchev–Trinajstić information content (AvgIpc) is 2.24. The Balaban J connectivity index is 0. The van der Waals surface area contributed by atoms with E-state index in [1.165, 1.54) is 6.92 Å². The average molecular weight is 344 g/mol. The largest absolute Gasteiger partial charge is 1.00 e. The molecule has 10 nitrogen and oxygen atoms in total. The number of carbonyl (C=O) groups excluding carboxylic acids is 1. The molecule has 0 saturated heterocycles. The van der Waals surface area contributed by atoms with Crippen molar-refractivity contribution in [2.75, 3.05) is 32.7 Å². The van der Waals surface area contributed by atoms with Crippen LogP contribution < -0.4 is 56.5 Å². The number of hydrogen-bond acceptors (Lipinski definition) is 7. The standard InChI is InChI=1S/C11H18N2O8.K/c1-7(13(5-10(18)19)6-11(20)21)2-12(3-8(14)15)4-9(16)17;/h7H,2-6H2,1H3,(H,14,15)(H,16,17)(H,18,19)(H,20,21);/q;+1/p-1. The molecule has 1 atom stereocenters. The SMILES string of the molecule is CC(CN(CC(=O)O)CC(=O)O)N(CC(=O)[O-])CC(=O)O.[K+]. The van der Waals surface area contributed by atoms with Crippen molar-refractivity contribution in [3.63, 3.8) is 0 Å². The summed E-state index contributed by atoms with van der Waals surface area (Å²) in [5.41, 5.74) is 0. The molecule has 11 heteroatoms. The summed E-state index contributed by atoms with van der Waals surface area (Å²) in [5, 5.41) is 36.7. The molecule has 0 heterocycles. The van der Waals surface area contributed by atoms with Crippen LogP contribution in [0, 0.1) is 0 Å². The number of carboxylic acid groups (broad SMARTS) is 4. The zero-order valence-corrected chi connectivity index (χ0v) is 15.5. The van der Waals surface area contributed by atoms with Crippen molar-refractivity contribution in [2.45, 2.75) is 13.0 Å².